The average molecular weight is 289 g/mol. The maximum absolute atomic E-state index is 11.8. The third-order valence-corrected chi connectivity index (χ3v) is 4.03. The van der Waals surface area contributed by atoms with Crippen LogP contribution in [0.25, 0.3) is 0 Å². The Morgan fingerprint density at radius 1 is 1.35 bits per heavy atom. The molecule has 1 aromatic heterocycles. The van der Waals surface area contributed by atoms with Crippen molar-refractivity contribution in [3.05, 3.63) is 57.8 Å². The van der Waals surface area contributed by atoms with Crippen molar-refractivity contribution in [1.29, 1.82) is 0 Å². The lowest BCUT2D eigenvalue weighted by molar-refractivity contribution is -0.120. The highest BCUT2D eigenvalue weighted by Crippen LogP contribution is 2.20. The maximum Gasteiger partial charge on any atom is 0.224 e. The zero-order chi connectivity index (χ0) is 14.4. The van der Waals surface area contributed by atoms with Crippen molar-refractivity contribution >= 4 is 17.2 Å². The summed E-state index contributed by atoms with van der Waals surface area (Å²) in [6.45, 7) is 2.50. The van der Waals surface area contributed by atoms with Crippen LogP contribution in [0.4, 0.5) is 0 Å². The molecular weight excluding hydrogens is 270 g/mol. The Balaban J connectivity index is 1.73. The van der Waals surface area contributed by atoms with Crippen LogP contribution in [-0.4, -0.2) is 17.6 Å². The van der Waals surface area contributed by atoms with Crippen LogP contribution in [0.3, 0.4) is 0 Å². The fraction of sp³-hybridized carbons (Fsp3) is 0.312. The Morgan fingerprint density at radius 2 is 2.20 bits per heavy atom. The van der Waals surface area contributed by atoms with Gasteiger partial charge in [-0.15, -0.1) is 11.3 Å². The summed E-state index contributed by atoms with van der Waals surface area (Å²) in [5.41, 5.74) is 2.17. The molecule has 0 radical (unpaired) electrons. The number of nitrogens with one attached hydrogen (secondary N) is 1. The Morgan fingerprint density at radius 3 is 2.90 bits per heavy atom. The fourth-order valence-corrected chi connectivity index (χ4v) is 2.79. The third-order valence-electron chi connectivity index (χ3n) is 3.06. The number of rotatable bonds is 6. The Hall–Kier alpha value is -1.65. The van der Waals surface area contributed by atoms with E-state index in [0.717, 1.165) is 16.0 Å². The van der Waals surface area contributed by atoms with E-state index >= 15 is 0 Å². The standard InChI is InChI=1S/C16H19NO2S/c1-12-4-2-5-13(10-12)11-16(19)17-8-7-14(18)15-6-3-9-20-15/h2-6,9-10,14,18H,7-8,11H2,1H3,(H,17,19). The van der Waals surface area contributed by atoms with Crippen LogP contribution in [0, 0.1) is 6.92 Å². The number of aliphatic hydroxyl groups excluding tert-OH is 1. The van der Waals surface area contributed by atoms with E-state index in [9.17, 15) is 9.90 Å². The van der Waals surface area contributed by atoms with E-state index in [2.05, 4.69) is 5.32 Å². The monoisotopic (exact) mass is 289 g/mol. The Kier molecular flexibility index (Phi) is 5.32. The lowest BCUT2D eigenvalue weighted by atomic mass is 10.1. The summed E-state index contributed by atoms with van der Waals surface area (Å²) in [5, 5.41) is 14.7. The smallest absolute Gasteiger partial charge is 0.224 e. The van der Waals surface area contributed by atoms with Gasteiger partial charge in [0.1, 0.15) is 0 Å². The molecule has 3 nitrogen and oxygen atoms in total. The second-order valence-corrected chi connectivity index (χ2v) is 5.81. The molecule has 20 heavy (non-hydrogen) atoms. The molecule has 1 unspecified atom stereocenters. The number of thiophene rings is 1. The first-order chi connectivity index (χ1) is 9.65. The summed E-state index contributed by atoms with van der Waals surface area (Å²) >= 11 is 1.53. The van der Waals surface area contributed by atoms with E-state index in [1.165, 1.54) is 11.3 Å². The number of hydrogen-bond acceptors (Lipinski definition) is 3. The molecule has 0 bridgehead atoms. The molecule has 1 aromatic carbocycles. The number of aryl methyl sites for hydroxylation is 1. The van der Waals surface area contributed by atoms with Gasteiger partial charge in [0.25, 0.3) is 0 Å². The van der Waals surface area contributed by atoms with Gasteiger partial charge < -0.3 is 10.4 Å². The number of hydrogen-bond donors (Lipinski definition) is 2. The summed E-state index contributed by atoms with van der Waals surface area (Å²) in [4.78, 5) is 12.7. The second-order valence-electron chi connectivity index (χ2n) is 4.84. The van der Waals surface area contributed by atoms with Crippen molar-refractivity contribution in [2.45, 2.75) is 25.9 Å². The first-order valence-electron chi connectivity index (χ1n) is 6.69. The molecule has 4 heteroatoms. The van der Waals surface area contributed by atoms with Crippen LogP contribution in [0.15, 0.2) is 41.8 Å². The summed E-state index contributed by atoms with van der Waals surface area (Å²) in [6, 6.07) is 11.8. The van der Waals surface area contributed by atoms with Crippen LogP contribution in [-0.2, 0) is 11.2 Å². The molecule has 106 valence electrons. The van der Waals surface area contributed by atoms with E-state index in [-0.39, 0.29) is 5.91 Å². The zero-order valence-electron chi connectivity index (χ0n) is 11.5. The molecule has 2 rings (SSSR count). The van der Waals surface area contributed by atoms with Gasteiger partial charge in [-0.05, 0) is 30.4 Å². The lowest BCUT2D eigenvalue weighted by Gasteiger charge is -2.10. The SMILES string of the molecule is Cc1cccc(CC(=O)NCCC(O)c2cccs2)c1. The van der Waals surface area contributed by atoms with E-state index in [1.807, 2.05) is 48.7 Å². The van der Waals surface area contributed by atoms with Gasteiger partial charge in [-0.2, -0.15) is 0 Å². The number of carbonyl (C=O) groups is 1. The highest BCUT2D eigenvalue weighted by Gasteiger charge is 2.09. The topological polar surface area (TPSA) is 49.3 Å². The normalized spacial score (nSPS) is 12.1. The van der Waals surface area contributed by atoms with E-state index in [0.29, 0.717) is 19.4 Å². The Bertz CT molecular complexity index is 551. The number of amides is 1. The first-order valence-corrected chi connectivity index (χ1v) is 7.57. The third kappa shape index (κ3) is 4.47. The number of benzene rings is 1. The van der Waals surface area contributed by atoms with Crippen molar-refractivity contribution in [3.8, 4) is 0 Å². The molecule has 2 N–H and O–H groups in total. The van der Waals surface area contributed by atoms with Crippen LogP contribution in [0.1, 0.15) is 28.5 Å². The van der Waals surface area contributed by atoms with Crippen LogP contribution in [0.2, 0.25) is 0 Å². The molecule has 0 aliphatic carbocycles. The predicted molar refractivity (Wildman–Crippen MR) is 81.8 cm³/mol. The van der Waals surface area contributed by atoms with Crippen molar-refractivity contribution in [2.24, 2.45) is 0 Å². The van der Waals surface area contributed by atoms with Crippen molar-refractivity contribution in [1.82, 2.24) is 5.32 Å². The molecule has 0 saturated heterocycles. The number of aliphatic hydroxyl groups is 1. The van der Waals surface area contributed by atoms with Crippen LogP contribution < -0.4 is 5.32 Å². The largest absolute Gasteiger partial charge is 0.388 e. The van der Waals surface area contributed by atoms with Gasteiger partial charge in [-0.1, -0.05) is 35.9 Å². The molecule has 0 fully saturated rings. The number of carbonyl (C=O) groups excluding carboxylic acids is 1. The molecule has 0 aliphatic heterocycles. The Labute approximate surface area is 123 Å². The van der Waals surface area contributed by atoms with E-state index < -0.39 is 6.10 Å². The molecular formula is C16H19NO2S. The van der Waals surface area contributed by atoms with E-state index in [1.54, 1.807) is 0 Å². The average Bonchev–Trinajstić information content (AvgIpc) is 2.92. The summed E-state index contributed by atoms with van der Waals surface area (Å²) in [7, 11) is 0. The molecule has 2 aromatic rings. The molecule has 0 aliphatic rings. The highest BCUT2D eigenvalue weighted by molar-refractivity contribution is 7.10. The molecule has 1 amide bonds. The summed E-state index contributed by atoms with van der Waals surface area (Å²) in [6.07, 6.45) is 0.436. The van der Waals surface area contributed by atoms with Gasteiger partial charge in [-0.25, -0.2) is 0 Å². The minimum Gasteiger partial charge on any atom is -0.388 e. The lowest BCUT2D eigenvalue weighted by Crippen LogP contribution is -2.27. The summed E-state index contributed by atoms with van der Waals surface area (Å²) < 4.78 is 0. The quantitative estimate of drug-likeness (QED) is 0.859. The minimum absolute atomic E-state index is 0.00557. The molecule has 0 saturated carbocycles. The summed E-state index contributed by atoms with van der Waals surface area (Å²) in [5.74, 6) is -0.00557. The fourth-order valence-electron chi connectivity index (χ4n) is 2.04. The molecule has 1 heterocycles. The van der Waals surface area contributed by atoms with Gasteiger partial charge in [0.05, 0.1) is 12.5 Å². The van der Waals surface area contributed by atoms with E-state index in [4.69, 9.17) is 0 Å². The van der Waals surface area contributed by atoms with Gasteiger partial charge in [0, 0.05) is 11.4 Å². The van der Waals surface area contributed by atoms with Crippen molar-refractivity contribution in [3.63, 3.8) is 0 Å². The van der Waals surface area contributed by atoms with Gasteiger partial charge in [-0.3, -0.25) is 4.79 Å². The van der Waals surface area contributed by atoms with Crippen LogP contribution in [0.5, 0.6) is 0 Å². The van der Waals surface area contributed by atoms with Crippen molar-refractivity contribution in [2.75, 3.05) is 6.54 Å². The maximum atomic E-state index is 11.8. The van der Waals surface area contributed by atoms with Gasteiger partial charge in [0.15, 0.2) is 0 Å². The zero-order valence-corrected chi connectivity index (χ0v) is 12.3. The second kappa shape index (κ2) is 7.22. The van der Waals surface area contributed by atoms with Gasteiger partial charge in [0.2, 0.25) is 5.91 Å². The molecule has 1 atom stereocenters. The first kappa shape index (κ1) is 14.8. The van der Waals surface area contributed by atoms with Crippen LogP contribution >= 0.6 is 11.3 Å². The predicted octanol–water partition coefficient (Wildman–Crippen LogP) is 2.84. The van der Waals surface area contributed by atoms with Crippen molar-refractivity contribution < 1.29 is 9.90 Å². The highest BCUT2D eigenvalue weighted by atomic mass is 32.1. The van der Waals surface area contributed by atoms with Gasteiger partial charge >= 0.3 is 0 Å². The minimum atomic E-state index is -0.491. The molecule has 0 spiro atoms.